The van der Waals surface area contributed by atoms with E-state index in [1.54, 1.807) is 12.1 Å². The molecule has 0 saturated heterocycles. The highest BCUT2D eigenvalue weighted by Gasteiger charge is 2.25. The van der Waals surface area contributed by atoms with Crippen LogP contribution >= 0.6 is 11.8 Å². The van der Waals surface area contributed by atoms with Crippen molar-refractivity contribution in [3.8, 4) is 22.9 Å². The number of anilines is 1. The fraction of sp³-hybridized carbons (Fsp3) is 0.118. The van der Waals surface area contributed by atoms with Crippen molar-refractivity contribution < 1.29 is 9.84 Å². The minimum absolute atomic E-state index is 0.210. The Kier molecular flexibility index (Phi) is 3.70. The van der Waals surface area contributed by atoms with Crippen LogP contribution in [0.3, 0.4) is 0 Å². The number of rotatable bonds is 2. The predicted octanol–water partition coefficient (Wildman–Crippen LogP) is 3.47. The molecule has 4 rings (SSSR count). The van der Waals surface area contributed by atoms with Crippen molar-refractivity contribution in [3.63, 3.8) is 0 Å². The van der Waals surface area contributed by atoms with E-state index in [9.17, 15) is 5.11 Å². The number of benzene rings is 2. The van der Waals surface area contributed by atoms with Gasteiger partial charge in [-0.25, -0.2) is 0 Å². The second kappa shape index (κ2) is 6.01. The first-order chi connectivity index (χ1) is 11.7. The third-order valence-corrected chi connectivity index (χ3v) is 4.25. The van der Waals surface area contributed by atoms with Crippen molar-refractivity contribution >= 4 is 17.4 Å². The fourth-order valence-corrected chi connectivity index (χ4v) is 2.83. The largest absolute Gasteiger partial charge is 0.508 e. The minimum atomic E-state index is -0.445. The van der Waals surface area contributed by atoms with E-state index in [0.717, 1.165) is 16.8 Å². The van der Waals surface area contributed by atoms with Gasteiger partial charge in [0.2, 0.25) is 11.0 Å². The van der Waals surface area contributed by atoms with Gasteiger partial charge in [0.05, 0.1) is 0 Å². The molecular weight excluding hydrogens is 324 g/mol. The Bertz CT molecular complexity index is 886. The molecule has 1 aromatic heterocycles. The molecule has 0 bridgehead atoms. The zero-order valence-electron chi connectivity index (χ0n) is 12.8. The molecule has 0 spiro atoms. The Morgan fingerprint density at radius 1 is 1.08 bits per heavy atom. The maximum atomic E-state index is 9.50. The van der Waals surface area contributed by atoms with Crippen LogP contribution in [0, 0.1) is 0 Å². The Morgan fingerprint density at radius 2 is 1.88 bits per heavy atom. The molecule has 2 N–H and O–H groups in total. The number of para-hydroxylation sites is 1. The number of fused-ring (bicyclic) bond motifs is 3. The fourth-order valence-electron chi connectivity index (χ4n) is 2.53. The predicted molar refractivity (Wildman–Crippen MR) is 92.1 cm³/mol. The molecule has 3 aromatic rings. The third-order valence-electron chi connectivity index (χ3n) is 3.71. The van der Waals surface area contributed by atoms with E-state index >= 15 is 0 Å². The molecule has 0 amide bonds. The van der Waals surface area contributed by atoms with Gasteiger partial charge in [0.25, 0.3) is 0 Å². The smallest absolute Gasteiger partial charge is 0.247 e. The van der Waals surface area contributed by atoms with Crippen LogP contribution in [0.4, 0.5) is 5.69 Å². The highest BCUT2D eigenvalue weighted by molar-refractivity contribution is 7.98. The van der Waals surface area contributed by atoms with Crippen LogP contribution in [0.2, 0.25) is 0 Å². The lowest BCUT2D eigenvalue weighted by atomic mass is 10.1. The van der Waals surface area contributed by atoms with Crippen LogP contribution in [0.15, 0.2) is 53.7 Å². The normalized spacial score (nSPS) is 15.5. The van der Waals surface area contributed by atoms with Crippen LogP contribution < -0.4 is 10.1 Å². The van der Waals surface area contributed by atoms with E-state index in [0.29, 0.717) is 16.7 Å². The number of phenols is 1. The molecule has 2 heterocycles. The summed E-state index contributed by atoms with van der Waals surface area (Å²) < 4.78 is 6.09. The SMILES string of the molecule is CSc1nnc2c(n1)O[C@@H](c1ccc(O)cc1)Nc1ccccc1-2. The van der Waals surface area contributed by atoms with Crippen LogP contribution in [0.5, 0.6) is 11.6 Å². The van der Waals surface area contributed by atoms with Gasteiger partial charge in [-0.1, -0.05) is 30.0 Å². The van der Waals surface area contributed by atoms with Crippen LogP contribution in [-0.4, -0.2) is 26.5 Å². The second-order valence-electron chi connectivity index (χ2n) is 5.23. The van der Waals surface area contributed by atoms with Crippen molar-refractivity contribution in [2.45, 2.75) is 11.4 Å². The standard InChI is InChI=1S/C17H14N4O2S/c1-24-17-19-16-14(20-21-17)12-4-2-3-5-13(12)18-15(23-16)10-6-8-11(22)9-7-10/h2-9,15,18,22H,1H3/t15-/m0/s1. The molecule has 1 atom stereocenters. The van der Waals surface area contributed by atoms with Gasteiger partial charge >= 0.3 is 0 Å². The van der Waals surface area contributed by atoms with Gasteiger partial charge in [-0.15, -0.1) is 10.2 Å². The second-order valence-corrected chi connectivity index (χ2v) is 6.01. The third kappa shape index (κ3) is 2.63. The summed E-state index contributed by atoms with van der Waals surface area (Å²) in [6, 6.07) is 14.7. The number of hydrogen-bond donors (Lipinski definition) is 2. The number of aromatic hydroxyl groups is 1. The molecule has 6 nitrogen and oxygen atoms in total. The minimum Gasteiger partial charge on any atom is -0.508 e. The molecule has 0 fully saturated rings. The monoisotopic (exact) mass is 338 g/mol. The zero-order chi connectivity index (χ0) is 16.5. The molecule has 0 saturated carbocycles. The summed E-state index contributed by atoms with van der Waals surface area (Å²) in [5.74, 6) is 0.645. The topological polar surface area (TPSA) is 80.2 Å². The Labute approximate surface area is 142 Å². The van der Waals surface area contributed by atoms with Crippen molar-refractivity contribution in [2.24, 2.45) is 0 Å². The summed E-state index contributed by atoms with van der Waals surface area (Å²) in [6.45, 7) is 0. The van der Waals surface area contributed by atoms with Gasteiger partial charge in [0, 0.05) is 16.8 Å². The van der Waals surface area contributed by atoms with Crippen molar-refractivity contribution in [1.29, 1.82) is 0 Å². The Hall–Kier alpha value is -2.80. The average molecular weight is 338 g/mol. The molecule has 0 radical (unpaired) electrons. The van der Waals surface area contributed by atoms with Crippen molar-refractivity contribution in [3.05, 3.63) is 54.1 Å². The number of aromatic nitrogens is 3. The molecule has 120 valence electrons. The lowest BCUT2D eigenvalue weighted by Crippen LogP contribution is -2.17. The number of nitrogens with zero attached hydrogens (tertiary/aromatic N) is 3. The van der Waals surface area contributed by atoms with Gasteiger partial charge in [0.15, 0.2) is 11.9 Å². The first-order valence-corrected chi connectivity index (χ1v) is 8.57. The summed E-state index contributed by atoms with van der Waals surface area (Å²) in [6.07, 6.45) is 1.45. The van der Waals surface area contributed by atoms with E-state index in [1.165, 1.54) is 11.8 Å². The van der Waals surface area contributed by atoms with Gasteiger partial charge < -0.3 is 15.2 Å². The quantitative estimate of drug-likeness (QED) is 0.693. The summed E-state index contributed by atoms with van der Waals surface area (Å²) >= 11 is 1.41. The molecule has 24 heavy (non-hydrogen) atoms. The van der Waals surface area contributed by atoms with Gasteiger partial charge in [-0.3, -0.25) is 0 Å². The molecule has 1 aliphatic heterocycles. The summed E-state index contributed by atoms with van der Waals surface area (Å²) in [7, 11) is 0. The van der Waals surface area contributed by atoms with E-state index in [4.69, 9.17) is 4.74 Å². The Morgan fingerprint density at radius 3 is 2.67 bits per heavy atom. The van der Waals surface area contributed by atoms with E-state index in [-0.39, 0.29) is 5.75 Å². The first-order valence-electron chi connectivity index (χ1n) is 7.35. The molecular formula is C17H14N4O2S. The van der Waals surface area contributed by atoms with E-state index in [1.807, 2.05) is 42.7 Å². The lowest BCUT2D eigenvalue weighted by molar-refractivity contribution is 0.225. The summed E-state index contributed by atoms with van der Waals surface area (Å²) in [5, 5.41) is 21.8. The number of ether oxygens (including phenoxy) is 1. The highest BCUT2D eigenvalue weighted by atomic mass is 32.2. The summed E-state index contributed by atoms with van der Waals surface area (Å²) in [4.78, 5) is 4.46. The van der Waals surface area contributed by atoms with E-state index < -0.39 is 6.23 Å². The van der Waals surface area contributed by atoms with Gasteiger partial charge in [-0.2, -0.15) is 4.98 Å². The average Bonchev–Trinajstić information content (AvgIpc) is 2.78. The van der Waals surface area contributed by atoms with Crippen molar-refractivity contribution in [2.75, 3.05) is 11.6 Å². The maximum Gasteiger partial charge on any atom is 0.247 e. The molecule has 2 aromatic carbocycles. The Balaban J connectivity index is 1.85. The molecule has 0 aliphatic carbocycles. The lowest BCUT2D eigenvalue weighted by Gasteiger charge is -2.19. The maximum absolute atomic E-state index is 9.50. The molecule has 7 heteroatoms. The van der Waals surface area contributed by atoms with Crippen molar-refractivity contribution in [1.82, 2.24) is 15.2 Å². The number of phenolic OH excluding ortho intramolecular Hbond substituents is 1. The highest BCUT2D eigenvalue weighted by Crippen LogP contribution is 2.39. The number of thioether (sulfide) groups is 1. The van der Waals surface area contributed by atoms with Crippen LogP contribution in [0.1, 0.15) is 11.8 Å². The molecule has 0 unspecified atom stereocenters. The van der Waals surface area contributed by atoms with Crippen LogP contribution in [-0.2, 0) is 0 Å². The number of hydrogen-bond acceptors (Lipinski definition) is 7. The zero-order valence-corrected chi connectivity index (χ0v) is 13.6. The number of nitrogens with one attached hydrogen (secondary N) is 1. The van der Waals surface area contributed by atoms with Gasteiger partial charge in [0.1, 0.15) is 5.75 Å². The first kappa shape index (κ1) is 14.8. The van der Waals surface area contributed by atoms with Gasteiger partial charge in [-0.05, 0) is 36.6 Å². The van der Waals surface area contributed by atoms with E-state index in [2.05, 4.69) is 20.5 Å². The van der Waals surface area contributed by atoms with Crippen LogP contribution in [0.25, 0.3) is 11.3 Å². The summed E-state index contributed by atoms with van der Waals surface area (Å²) in [5.41, 5.74) is 3.26. The molecule has 1 aliphatic rings.